The third-order valence-corrected chi connectivity index (χ3v) is 2.68. The van der Waals surface area contributed by atoms with Crippen molar-refractivity contribution in [2.24, 2.45) is 5.73 Å². The molecule has 1 saturated heterocycles. The van der Waals surface area contributed by atoms with Crippen LogP contribution in [0.5, 0.6) is 0 Å². The van der Waals surface area contributed by atoms with Crippen molar-refractivity contribution in [3.8, 4) is 0 Å². The van der Waals surface area contributed by atoms with Gasteiger partial charge in [0.1, 0.15) is 0 Å². The summed E-state index contributed by atoms with van der Waals surface area (Å²) in [5.41, 5.74) is 4.91. The first-order valence-corrected chi connectivity index (χ1v) is 4.67. The SMILES string of the molecule is CC(C)(CN)N1C(=O)CSC1=O. The van der Waals surface area contributed by atoms with Crippen molar-refractivity contribution >= 4 is 22.9 Å². The molecule has 5 heteroatoms. The van der Waals surface area contributed by atoms with Crippen LogP contribution in [0.3, 0.4) is 0 Å². The number of carbonyl (C=O) groups is 2. The Morgan fingerprint density at radius 1 is 1.58 bits per heavy atom. The first-order chi connectivity index (χ1) is 5.49. The third kappa shape index (κ3) is 1.47. The summed E-state index contributed by atoms with van der Waals surface area (Å²) in [5.74, 6) is 0.114. The molecule has 1 aliphatic heterocycles. The molecule has 12 heavy (non-hydrogen) atoms. The van der Waals surface area contributed by atoms with Gasteiger partial charge >= 0.3 is 0 Å². The molecule has 0 saturated carbocycles. The van der Waals surface area contributed by atoms with Crippen LogP contribution >= 0.6 is 11.8 Å². The van der Waals surface area contributed by atoms with E-state index in [0.717, 1.165) is 11.8 Å². The zero-order chi connectivity index (χ0) is 9.35. The van der Waals surface area contributed by atoms with Crippen LogP contribution < -0.4 is 5.73 Å². The summed E-state index contributed by atoms with van der Waals surface area (Å²) in [5, 5.41) is -0.185. The molecule has 68 valence electrons. The summed E-state index contributed by atoms with van der Waals surface area (Å²) < 4.78 is 0. The zero-order valence-electron chi connectivity index (χ0n) is 7.16. The molecule has 0 aromatic carbocycles. The molecule has 4 nitrogen and oxygen atoms in total. The number of thioether (sulfide) groups is 1. The summed E-state index contributed by atoms with van der Waals surface area (Å²) in [6, 6.07) is 0. The maximum atomic E-state index is 11.2. The molecule has 0 bridgehead atoms. The van der Waals surface area contributed by atoms with Gasteiger partial charge < -0.3 is 5.73 Å². The van der Waals surface area contributed by atoms with E-state index >= 15 is 0 Å². The van der Waals surface area contributed by atoms with Crippen molar-refractivity contribution in [1.82, 2.24) is 4.90 Å². The van der Waals surface area contributed by atoms with Gasteiger partial charge in [0, 0.05) is 6.54 Å². The molecule has 1 heterocycles. The van der Waals surface area contributed by atoms with Gasteiger partial charge in [0.2, 0.25) is 5.91 Å². The van der Waals surface area contributed by atoms with Crippen LogP contribution in [0, 0.1) is 0 Å². The van der Waals surface area contributed by atoms with Crippen LogP contribution in [0.25, 0.3) is 0 Å². The number of carbonyl (C=O) groups excluding carboxylic acids is 2. The first kappa shape index (κ1) is 9.54. The first-order valence-electron chi connectivity index (χ1n) is 3.69. The highest BCUT2D eigenvalue weighted by atomic mass is 32.2. The van der Waals surface area contributed by atoms with Crippen LogP contribution in [0.1, 0.15) is 13.8 Å². The van der Waals surface area contributed by atoms with Gasteiger partial charge in [-0.05, 0) is 13.8 Å². The van der Waals surface area contributed by atoms with E-state index in [9.17, 15) is 9.59 Å². The maximum Gasteiger partial charge on any atom is 0.289 e. The van der Waals surface area contributed by atoms with Crippen LogP contribution in [0.4, 0.5) is 4.79 Å². The average Bonchev–Trinajstić information content (AvgIpc) is 2.31. The molecule has 0 aromatic heterocycles. The Hall–Kier alpha value is -0.550. The van der Waals surface area contributed by atoms with E-state index in [-0.39, 0.29) is 16.9 Å². The van der Waals surface area contributed by atoms with Crippen molar-refractivity contribution in [3.05, 3.63) is 0 Å². The smallest absolute Gasteiger partial charge is 0.289 e. The summed E-state index contributed by atoms with van der Waals surface area (Å²) in [7, 11) is 0. The Labute approximate surface area is 75.5 Å². The largest absolute Gasteiger partial charge is 0.328 e. The molecule has 1 aliphatic rings. The molecular formula is C7H12N2O2S. The Kier molecular flexibility index (Phi) is 2.44. The van der Waals surface area contributed by atoms with E-state index in [4.69, 9.17) is 5.73 Å². The summed E-state index contributed by atoms with van der Waals surface area (Å²) in [6.45, 7) is 3.87. The number of hydrogen-bond donors (Lipinski definition) is 1. The van der Waals surface area contributed by atoms with Gasteiger partial charge in [-0.15, -0.1) is 0 Å². The number of rotatable bonds is 2. The lowest BCUT2D eigenvalue weighted by atomic mass is 10.0. The number of amides is 2. The van der Waals surface area contributed by atoms with Crippen molar-refractivity contribution in [3.63, 3.8) is 0 Å². The second kappa shape index (κ2) is 3.06. The lowest BCUT2D eigenvalue weighted by Gasteiger charge is -2.31. The minimum Gasteiger partial charge on any atom is -0.328 e. The second-order valence-corrected chi connectivity index (χ2v) is 4.23. The molecule has 1 fully saturated rings. The fourth-order valence-corrected chi connectivity index (χ4v) is 1.88. The molecule has 0 spiro atoms. The third-order valence-electron chi connectivity index (χ3n) is 1.86. The Balaban J connectivity index is 2.86. The van der Waals surface area contributed by atoms with Gasteiger partial charge in [-0.1, -0.05) is 11.8 Å². The van der Waals surface area contributed by atoms with E-state index < -0.39 is 5.54 Å². The highest BCUT2D eigenvalue weighted by Gasteiger charge is 2.39. The highest BCUT2D eigenvalue weighted by molar-refractivity contribution is 8.14. The van der Waals surface area contributed by atoms with E-state index in [1.54, 1.807) is 13.8 Å². The fraction of sp³-hybridized carbons (Fsp3) is 0.714. The Bertz CT molecular complexity index is 211. The van der Waals surface area contributed by atoms with Gasteiger partial charge in [0.25, 0.3) is 5.24 Å². The number of nitrogens with two attached hydrogens (primary N) is 1. The van der Waals surface area contributed by atoms with Gasteiger partial charge in [0.05, 0.1) is 11.3 Å². The standard InChI is InChI=1S/C7H12N2O2S/c1-7(2,4-8)9-5(10)3-12-6(9)11/h3-4,8H2,1-2H3. The number of nitrogens with zero attached hydrogens (tertiary/aromatic N) is 1. The van der Waals surface area contributed by atoms with Crippen molar-refractivity contribution in [1.29, 1.82) is 0 Å². The molecule has 0 aromatic rings. The van der Waals surface area contributed by atoms with E-state index in [2.05, 4.69) is 0 Å². The molecule has 1 rings (SSSR count). The van der Waals surface area contributed by atoms with Gasteiger partial charge in [0.15, 0.2) is 0 Å². The topological polar surface area (TPSA) is 63.4 Å². The van der Waals surface area contributed by atoms with Crippen molar-refractivity contribution in [2.75, 3.05) is 12.3 Å². The van der Waals surface area contributed by atoms with Crippen LogP contribution in [-0.4, -0.2) is 33.9 Å². The zero-order valence-corrected chi connectivity index (χ0v) is 7.98. The number of hydrogen-bond acceptors (Lipinski definition) is 4. The van der Waals surface area contributed by atoms with Gasteiger partial charge in [-0.3, -0.25) is 14.5 Å². The monoisotopic (exact) mass is 188 g/mol. The summed E-state index contributed by atoms with van der Waals surface area (Å²) >= 11 is 1.04. The Morgan fingerprint density at radius 3 is 2.50 bits per heavy atom. The highest BCUT2D eigenvalue weighted by Crippen LogP contribution is 2.26. The molecule has 0 unspecified atom stereocenters. The minimum absolute atomic E-state index is 0.138. The van der Waals surface area contributed by atoms with Crippen molar-refractivity contribution in [2.45, 2.75) is 19.4 Å². The van der Waals surface area contributed by atoms with Crippen LogP contribution in [0.15, 0.2) is 0 Å². The van der Waals surface area contributed by atoms with Gasteiger partial charge in [-0.25, -0.2) is 0 Å². The predicted molar refractivity (Wildman–Crippen MR) is 47.8 cm³/mol. The summed E-state index contributed by atoms with van der Waals surface area (Å²) in [6.07, 6.45) is 0. The predicted octanol–water partition coefficient (Wildman–Crippen LogP) is 0.419. The van der Waals surface area contributed by atoms with E-state index in [1.807, 2.05) is 0 Å². The molecule has 0 atom stereocenters. The van der Waals surface area contributed by atoms with Gasteiger partial charge in [-0.2, -0.15) is 0 Å². The average molecular weight is 188 g/mol. The molecule has 0 radical (unpaired) electrons. The van der Waals surface area contributed by atoms with Crippen LogP contribution in [-0.2, 0) is 4.79 Å². The molecule has 2 amide bonds. The van der Waals surface area contributed by atoms with Crippen molar-refractivity contribution < 1.29 is 9.59 Å². The lowest BCUT2D eigenvalue weighted by molar-refractivity contribution is -0.128. The molecule has 2 N–H and O–H groups in total. The van der Waals surface area contributed by atoms with Crippen LogP contribution in [0.2, 0.25) is 0 Å². The quantitative estimate of drug-likeness (QED) is 0.682. The second-order valence-electron chi connectivity index (χ2n) is 3.30. The van der Waals surface area contributed by atoms with E-state index in [0.29, 0.717) is 6.54 Å². The normalized spacial score (nSPS) is 19.1. The number of imide groups is 1. The fourth-order valence-electron chi connectivity index (χ4n) is 1.03. The Morgan fingerprint density at radius 2 is 2.17 bits per heavy atom. The van der Waals surface area contributed by atoms with E-state index in [1.165, 1.54) is 4.90 Å². The minimum atomic E-state index is -0.544. The molecular weight excluding hydrogens is 176 g/mol. The molecule has 0 aliphatic carbocycles. The summed E-state index contributed by atoms with van der Waals surface area (Å²) in [4.78, 5) is 23.7. The lowest BCUT2D eigenvalue weighted by Crippen LogP contribution is -2.51. The maximum absolute atomic E-state index is 11.2.